The highest BCUT2D eigenvalue weighted by atomic mass is 32.1. The number of rotatable bonds is 7. The number of para-hydroxylation sites is 1. The van der Waals surface area contributed by atoms with E-state index < -0.39 is 0 Å². The van der Waals surface area contributed by atoms with E-state index in [1.165, 1.54) is 53.6 Å². The minimum atomic E-state index is 0.907. The average molecular weight is 746 g/mol. The van der Waals surface area contributed by atoms with Crippen LogP contribution in [0.5, 0.6) is 0 Å². The van der Waals surface area contributed by atoms with E-state index in [1.54, 1.807) is 0 Å². The third kappa shape index (κ3) is 5.80. The van der Waals surface area contributed by atoms with Crippen molar-refractivity contribution in [3.8, 4) is 44.5 Å². The van der Waals surface area contributed by atoms with Gasteiger partial charge in [0, 0.05) is 37.6 Å². The Bertz CT molecular complexity index is 3210. The zero-order valence-electron chi connectivity index (χ0n) is 31.0. The van der Waals surface area contributed by atoms with Gasteiger partial charge in [0.05, 0.1) is 10.4 Å². The van der Waals surface area contributed by atoms with Crippen LogP contribution in [0.15, 0.2) is 217 Å². The van der Waals surface area contributed by atoms with Gasteiger partial charge in [0.1, 0.15) is 11.2 Å². The normalized spacial score (nSPS) is 11.5. The minimum Gasteiger partial charge on any atom is -0.456 e. The second kappa shape index (κ2) is 13.8. The molecule has 0 aliphatic carbocycles. The molecule has 9 aromatic carbocycles. The Labute approximate surface area is 335 Å². The fourth-order valence-electron chi connectivity index (χ4n) is 8.36. The lowest BCUT2D eigenvalue weighted by Gasteiger charge is -2.26. The molecule has 57 heavy (non-hydrogen) atoms. The molecule has 0 aliphatic rings. The summed E-state index contributed by atoms with van der Waals surface area (Å²) in [5, 5.41) is 4.82. The SMILES string of the molecule is c1ccc(-c2ccccc2-c2ccc(N(c3ccc(-c4ccc5oc6ccccc6c5c4)cc3)c3cccc4c3sc3c(-c5ccccc5)cccc34)cc2)cc1. The van der Waals surface area contributed by atoms with Crippen molar-refractivity contribution >= 4 is 70.5 Å². The van der Waals surface area contributed by atoms with Crippen molar-refractivity contribution in [3.05, 3.63) is 212 Å². The number of nitrogens with zero attached hydrogens (tertiary/aromatic N) is 1. The van der Waals surface area contributed by atoms with Crippen LogP contribution in [0.1, 0.15) is 0 Å². The molecule has 0 bridgehead atoms. The summed E-state index contributed by atoms with van der Waals surface area (Å²) in [5.41, 5.74) is 14.8. The smallest absolute Gasteiger partial charge is 0.135 e. The maximum Gasteiger partial charge on any atom is 0.135 e. The quantitative estimate of drug-likeness (QED) is 0.162. The van der Waals surface area contributed by atoms with Crippen molar-refractivity contribution in [3.63, 3.8) is 0 Å². The second-order valence-corrected chi connectivity index (χ2v) is 15.5. The summed E-state index contributed by atoms with van der Waals surface area (Å²) in [6.45, 7) is 0. The third-order valence-electron chi connectivity index (χ3n) is 11.1. The van der Waals surface area contributed by atoms with Gasteiger partial charge in [0.2, 0.25) is 0 Å². The molecule has 0 saturated carbocycles. The number of thiophene rings is 1. The van der Waals surface area contributed by atoms with Crippen LogP contribution in [-0.2, 0) is 0 Å². The first-order valence-electron chi connectivity index (χ1n) is 19.3. The molecule has 0 spiro atoms. The van der Waals surface area contributed by atoms with Crippen molar-refractivity contribution in [2.75, 3.05) is 4.90 Å². The summed E-state index contributed by atoms with van der Waals surface area (Å²) in [5.74, 6) is 0. The average Bonchev–Trinajstić information content (AvgIpc) is 3.86. The molecule has 3 heteroatoms. The highest BCUT2D eigenvalue weighted by Gasteiger charge is 2.20. The first-order valence-corrected chi connectivity index (χ1v) is 20.1. The molecule has 11 rings (SSSR count). The Kier molecular flexibility index (Phi) is 8.04. The zero-order chi connectivity index (χ0) is 37.7. The molecule has 11 aromatic rings. The third-order valence-corrected chi connectivity index (χ3v) is 12.4. The topological polar surface area (TPSA) is 16.4 Å². The van der Waals surface area contributed by atoms with Gasteiger partial charge in [-0.1, -0.05) is 164 Å². The number of hydrogen-bond donors (Lipinski definition) is 0. The number of hydrogen-bond acceptors (Lipinski definition) is 3. The molecule has 268 valence electrons. The summed E-state index contributed by atoms with van der Waals surface area (Å²) in [4.78, 5) is 2.42. The first kappa shape index (κ1) is 33.2. The van der Waals surface area contributed by atoms with Gasteiger partial charge in [-0.15, -0.1) is 11.3 Å². The zero-order valence-corrected chi connectivity index (χ0v) is 31.8. The predicted octanol–water partition coefficient (Wildman–Crippen LogP) is 16.1. The maximum atomic E-state index is 6.14. The van der Waals surface area contributed by atoms with Gasteiger partial charge in [-0.3, -0.25) is 0 Å². The molecule has 2 heterocycles. The van der Waals surface area contributed by atoms with E-state index >= 15 is 0 Å². The van der Waals surface area contributed by atoms with Crippen LogP contribution in [0.4, 0.5) is 17.1 Å². The molecule has 0 aliphatic heterocycles. The molecule has 0 fully saturated rings. The highest BCUT2D eigenvalue weighted by molar-refractivity contribution is 7.27. The Hall–Kier alpha value is -7.20. The summed E-state index contributed by atoms with van der Waals surface area (Å²) < 4.78 is 8.70. The summed E-state index contributed by atoms with van der Waals surface area (Å²) in [7, 11) is 0. The summed E-state index contributed by atoms with van der Waals surface area (Å²) in [6, 6.07) is 76.4. The summed E-state index contributed by atoms with van der Waals surface area (Å²) in [6.07, 6.45) is 0. The van der Waals surface area contributed by atoms with Crippen molar-refractivity contribution in [2.24, 2.45) is 0 Å². The Balaban J connectivity index is 1.05. The van der Waals surface area contributed by atoms with Crippen LogP contribution in [-0.4, -0.2) is 0 Å². The molecule has 0 N–H and O–H groups in total. The lowest BCUT2D eigenvalue weighted by molar-refractivity contribution is 0.669. The van der Waals surface area contributed by atoms with E-state index in [4.69, 9.17) is 4.42 Å². The van der Waals surface area contributed by atoms with Gasteiger partial charge >= 0.3 is 0 Å². The van der Waals surface area contributed by atoms with E-state index in [-0.39, 0.29) is 0 Å². The fourth-order valence-corrected chi connectivity index (χ4v) is 9.70. The summed E-state index contributed by atoms with van der Waals surface area (Å²) >= 11 is 1.88. The first-order chi connectivity index (χ1) is 28.3. The van der Waals surface area contributed by atoms with Crippen LogP contribution in [0.3, 0.4) is 0 Å². The molecular formula is C54H35NOS. The van der Waals surface area contributed by atoms with Crippen molar-refractivity contribution < 1.29 is 4.42 Å². The second-order valence-electron chi connectivity index (χ2n) is 14.5. The molecule has 0 atom stereocenters. The van der Waals surface area contributed by atoms with Crippen LogP contribution in [0.25, 0.3) is 86.6 Å². The standard InChI is InChI=1S/C54H35NOS/c1-3-13-37(14-4-1)43-17-7-8-18-44(43)39-27-32-42(33-28-39)55(41-30-25-36(26-31-41)40-29-34-52-49(35-40)46-19-9-10-24-51(46)56-52)50-23-12-22-48-47-21-11-20-45(53(47)57-54(48)50)38-15-5-2-6-16-38/h1-35H. The van der Waals surface area contributed by atoms with Crippen LogP contribution in [0, 0.1) is 0 Å². The van der Waals surface area contributed by atoms with E-state index in [9.17, 15) is 0 Å². The lowest BCUT2D eigenvalue weighted by atomic mass is 9.94. The van der Waals surface area contributed by atoms with Gasteiger partial charge in [-0.25, -0.2) is 0 Å². The van der Waals surface area contributed by atoms with Gasteiger partial charge < -0.3 is 9.32 Å². The number of furan rings is 1. The van der Waals surface area contributed by atoms with Gasteiger partial charge in [-0.05, 0) is 93.0 Å². The van der Waals surface area contributed by atoms with E-state index in [2.05, 4.69) is 205 Å². The van der Waals surface area contributed by atoms with Gasteiger partial charge in [0.15, 0.2) is 0 Å². The van der Waals surface area contributed by atoms with E-state index in [0.717, 1.165) is 50.1 Å². The molecule has 0 radical (unpaired) electrons. The number of benzene rings is 9. The number of anilines is 3. The van der Waals surface area contributed by atoms with E-state index in [0.29, 0.717) is 0 Å². The highest BCUT2D eigenvalue weighted by Crippen LogP contribution is 2.47. The molecule has 0 unspecified atom stereocenters. The Morgan fingerprint density at radius 3 is 1.51 bits per heavy atom. The fraction of sp³-hybridized carbons (Fsp3) is 0. The molecular weight excluding hydrogens is 711 g/mol. The van der Waals surface area contributed by atoms with Gasteiger partial charge in [-0.2, -0.15) is 0 Å². The van der Waals surface area contributed by atoms with Crippen LogP contribution in [0.2, 0.25) is 0 Å². The van der Waals surface area contributed by atoms with Crippen LogP contribution >= 0.6 is 11.3 Å². The molecule has 2 aromatic heterocycles. The van der Waals surface area contributed by atoms with E-state index in [1.807, 2.05) is 23.5 Å². The predicted molar refractivity (Wildman–Crippen MR) is 243 cm³/mol. The monoisotopic (exact) mass is 745 g/mol. The van der Waals surface area contributed by atoms with Crippen molar-refractivity contribution in [2.45, 2.75) is 0 Å². The molecule has 2 nitrogen and oxygen atoms in total. The Morgan fingerprint density at radius 2 is 0.807 bits per heavy atom. The maximum absolute atomic E-state index is 6.14. The van der Waals surface area contributed by atoms with Crippen molar-refractivity contribution in [1.82, 2.24) is 0 Å². The minimum absolute atomic E-state index is 0.907. The van der Waals surface area contributed by atoms with Crippen LogP contribution < -0.4 is 4.90 Å². The lowest BCUT2D eigenvalue weighted by Crippen LogP contribution is -2.10. The number of fused-ring (bicyclic) bond motifs is 6. The molecule has 0 saturated heterocycles. The van der Waals surface area contributed by atoms with Gasteiger partial charge in [0.25, 0.3) is 0 Å². The van der Waals surface area contributed by atoms with Crippen molar-refractivity contribution in [1.29, 1.82) is 0 Å². The largest absolute Gasteiger partial charge is 0.456 e. The Morgan fingerprint density at radius 1 is 0.316 bits per heavy atom. The molecule has 0 amide bonds.